The Morgan fingerprint density at radius 3 is 2.71 bits per heavy atom. The molecule has 0 spiro atoms. The lowest BCUT2D eigenvalue weighted by Gasteiger charge is -2.12. The van der Waals surface area contributed by atoms with E-state index in [2.05, 4.69) is 10.1 Å². The molecule has 9 heteroatoms. The van der Waals surface area contributed by atoms with Crippen LogP contribution in [0.2, 0.25) is 0 Å². The summed E-state index contributed by atoms with van der Waals surface area (Å²) in [4.78, 5) is 15.2. The van der Waals surface area contributed by atoms with Crippen molar-refractivity contribution in [3.63, 3.8) is 0 Å². The zero-order valence-electron chi connectivity index (χ0n) is 16.5. The number of carboxylic acid groups (broad SMARTS) is 1. The quantitative estimate of drug-likeness (QED) is 0.443. The Balaban J connectivity index is 1.71. The van der Waals surface area contributed by atoms with Crippen molar-refractivity contribution in [2.24, 2.45) is 0 Å². The first kappa shape index (κ1) is 20.6. The number of hydrogen-bond donors (Lipinski definition) is 1. The molecule has 0 amide bonds. The van der Waals surface area contributed by atoms with Gasteiger partial charge in [-0.25, -0.2) is 0 Å². The molecule has 0 radical (unpaired) electrons. The number of halogens is 3. The molecule has 6 nitrogen and oxygen atoms in total. The van der Waals surface area contributed by atoms with Crippen molar-refractivity contribution in [1.82, 2.24) is 14.7 Å². The molecule has 4 aromatic rings. The lowest BCUT2D eigenvalue weighted by atomic mass is 10.0. The molecule has 0 fully saturated rings. The van der Waals surface area contributed by atoms with Crippen LogP contribution in [-0.4, -0.2) is 25.8 Å². The van der Waals surface area contributed by atoms with Gasteiger partial charge in [0.1, 0.15) is 0 Å². The second-order valence-electron chi connectivity index (χ2n) is 7.04. The van der Waals surface area contributed by atoms with Gasteiger partial charge in [0, 0.05) is 34.8 Å². The third-order valence-electron chi connectivity index (χ3n) is 5.09. The largest absolute Gasteiger partial charge is 0.481 e. The lowest BCUT2D eigenvalue weighted by Crippen LogP contribution is -2.09. The summed E-state index contributed by atoms with van der Waals surface area (Å²) in [5.74, 6) is -0.664. The van der Waals surface area contributed by atoms with E-state index in [0.717, 1.165) is 17.0 Å². The monoisotopic (exact) mass is 429 g/mol. The van der Waals surface area contributed by atoms with E-state index in [9.17, 15) is 18.0 Å². The van der Waals surface area contributed by atoms with Gasteiger partial charge in [-0.2, -0.15) is 18.2 Å². The second-order valence-corrected chi connectivity index (χ2v) is 7.04. The van der Waals surface area contributed by atoms with Crippen LogP contribution in [0.4, 0.5) is 13.2 Å². The van der Waals surface area contributed by atoms with E-state index in [-0.39, 0.29) is 35.7 Å². The summed E-state index contributed by atoms with van der Waals surface area (Å²) < 4.78 is 47.2. The van der Waals surface area contributed by atoms with Gasteiger partial charge >= 0.3 is 12.1 Å². The average molecular weight is 429 g/mol. The fourth-order valence-electron chi connectivity index (χ4n) is 3.56. The minimum Gasteiger partial charge on any atom is -0.481 e. The van der Waals surface area contributed by atoms with Gasteiger partial charge in [0.15, 0.2) is 0 Å². The first-order valence-corrected chi connectivity index (χ1v) is 9.62. The van der Waals surface area contributed by atoms with Crippen LogP contribution in [0.5, 0.6) is 0 Å². The van der Waals surface area contributed by atoms with Crippen molar-refractivity contribution in [3.8, 4) is 22.8 Å². The van der Waals surface area contributed by atoms with E-state index in [1.807, 2.05) is 16.7 Å². The highest BCUT2D eigenvalue weighted by molar-refractivity contribution is 5.94. The van der Waals surface area contributed by atoms with Crippen LogP contribution in [-0.2, 0) is 23.9 Å². The molecule has 0 atom stereocenters. The third-order valence-corrected chi connectivity index (χ3v) is 5.09. The first-order valence-electron chi connectivity index (χ1n) is 9.62. The van der Waals surface area contributed by atoms with Crippen molar-refractivity contribution >= 4 is 16.9 Å². The summed E-state index contributed by atoms with van der Waals surface area (Å²) in [7, 11) is 0. The molecule has 2 aromatic heterocycles. The predicted molar refractivity (Wildman–Crippen MR) is 107 cm³/mol. The fraction of sp³-hybridized carbons (Fsp3) is 0.227. The Labute approximate surface area is 174 Å². The molecule has 31 heavy (non-hydrogen) atoms. The third kappa shape index (κ3) is 4.03. The Kier molecular flexibility index (Phi) is 5.26. The lowest BCUT2D eigenvalue weighted by molar-refractivity contribution is -0.138. The van der Waals surface area contributed by atoms with Crippen molar-refractivity contribution in [1.29, 1.82) is 0 Å². The maximum absolute atomic E-state index is 13.4. The number of carbonyl (C=O) groups is 1. The summed E-state index contributed by atoms with van der Waals surface area (Å²) in [5.41, 5.74) is 1.11. The van der Waals surface area contributed by atoms with Crippen molar-refractivity contribution < 1.29 is 27.6 Å². The molecular formula is C22H18F3N3O3. The standard InChI is InChI=1S/C22H18F3N3O3/c1-2-13-6-7-14(12-17(13)22(23,24)25)21-26-20(27-31-21)16-4-3-5-18-15(16)8-10-28(18)11-9-19(29)30/h3-8,10,12H,2,9,11H2,1H3,(H,29,30). The van der Waals surface area contributed by atoms with Crippen molar-refractivity contribution in [3.05, 3.63) is 59.8 Å². The number of aryl methyl sites for hydroxylation is 2. The van der Waals surface area contributed by atoms with Crippen molar-refractivity contribution in [2.45, 2.75) is 32.5 Å². The summed E-state index contributed by atoms with van der Waals surface area (Å²) in [6.45, 7) is 1.97. The van der Waals surface area contributed by atoms with Gasteiger partial charge in [0.25, 0.3) is 5.89 Å². The van der Waals surface area contributed by atoms with Gasteiger partial charge in [0.05, 0.1) is 12.0 Å². The van der Waals surface area contributed by atoms with Gasteiger partial charge in [-0.1, -0.05) is 30.3 Å². The molecule has 2 aromatic carbocycles. The van der Waals surface area contributed by atoms with Crippen molar-refractivity contribution in [2.75, 3.05) is 0 Å². The molecular weight excluding hydrogens is 411 g/mol. The number of benzene rings is 2. The number of carboxylic acids is 1. The molecule has 0 bridgehead atoms. The SMILES string of the molecule is CCc1ccc(-c2nc(-c3cccc4c3ccn4CCC(=O)O)no2)cc1C(F)(F)F. The highest BCUT2D eigenvalue weighted by Gasteiger charge is 2.33. The summed E-state index contributed by atoms with van der Waals surface area (Å²) >= 11 is 0. The molecule has 0 unspecified atom stereocenters. The van der Waals surface area contributed by atoms with E-state index in [0.29, 0.717) is 12.1 Å². The van der Waals surface area contributed by atoms with Crippen LogP contribution in [0, 0.1) is 0 Å². The molecule has 0 saturated carbocycles. The van der Waals surface area contributed by atoms with Crippen LogP contribution in [0.3, 0.4) is 0 Å². The summed E-state index contributed by atoms with van der Waals surface area (Å²) in [5, 5.41) is 13.7. The van der Waals surface area contributed by atoms with Crippen LogP contribution in [0.15, 0.2) is 53.2 Å². The number of aromatic nitrogens is 3. The zero-order valence-corrected chi connectivity index (χ0v) is 16.5. The molecule has 0 aliphatic rings. The van der Waals surface area contributed by atoms with E-state index in [1.165, 1.54) is 12.1 Å². The highest BCUT2D eigenvalue weighted by Crippen LogP contribution is 2.36. The van der Waals surface area contributed by atoms with E-state index in [4.69, 9.17) is 9.63 Å². The molecule has 4 rings (SSSR count). The number of rotatable bonds is 6. The van der Waals surface area contributed by atoms with Gasteiger partial charge in [-0.3, -0.25) is 4.79 Å². The topological polar surface area (TPSA) is 81.2 Å². The van der Waals surface area contributed by atoms with Crippen LogP contribution in [0.25, 0.3) is 33.7 Å². The molecule has 0 saturated heterocycles. The Morgan fingerprint density at radius 2 is 2.00 bits per heavy atom. The smallest absolute Gasteiger partial charge is 0.416 e. The number of aliphatic carboxylic acids is 1. The molecule has 0 aliphatic carbocycles. The molecule has 1 N–H and O–H groups in total. The average Bonchev–Trinajstić information content (AvgIpc) is 3.38. The number of nitrogens with zero attached hydrogens (tertiary/aromatic N) is 3. The van der Waals surface area contributed by atoms with E-state index in [1.54, 1.807) is 25.3 Å². The van der Waals surface area contributed by atoms with E-state index < -0.39 is 17.7 Å². The second kappa shape index (κ2) is 7.90. The fourth-order valence-corrected chi connectivity index (χ4v) is 3.56. The first-order chi connectivity index (χ1) is 14.8. The van der Waals surface area contributed by atoms with Gasteiger partial charge in [0.2, 0.25) is 5.82 Å². The summed E-state index contributed by atoms with van der Waals surface area (Å²) in [6, 6.07) is 11.2. The number of alkyl halides is 3. The van der Waals surface area contributed by atoms with Gasteiger partial charge in [-0.15, -0.1) is 0 Å². The molecule has 2 heterocycles. The Bertz CT molecular complexity index is 1260. The summed E-state index contributed by atoms with van der Waals surface area (Å²) in [6.07, 6.45) is -2.47. The normalized spacial score (nSPS) is 11.9. The molecule has 0 aliphatic heterocycles. The Morgan fingerprint density at radius 1 is 1.19 bits per heavy atom. The van der Waals surface area contributed by atoms with Crippen LogP contribution >= 0.6 is 0 Å². The molecule has 160 valence electrons. The Hall–Kier alpha value is -3.62. The van der Waals surface area contributed by atoms with Gasteiger partial charge in [-0.05, 0) is 36.2 Å². The number of hydrogen-bond acceptors (Lipinski definition) is 4. The minimum absolute atomic E-state index is 0.00883. The van der Waals surface area contributed by atoms with Gasteiger partial charge < -0.3 is 14.2 Å². The minimum atomic E-state index is -4.48. The highest BCUT2D eigenvalue weighted by atomic mass is 19.4. The van der Waals surface area contributed by atoms with Crippen LogP contribution in [0.1, 0.15) is 24.5 Å². The zero-order chi connectivity index (χ0) is 22.2. The maximum Gasteiger partial charge on any atom is 0.416 e. The predicted octanol–water partition coefficient (Wildman–Crippen LogP) is 5.41. The number of fused-ring (bicyclic) bond motifs is 1. The van der Waals surface area contributed by atoms with Crippen LogP contribution < -0.4 is 0 Å². The van der Waals surface area contributed by atoms with E-state index >= 15 is 0 Å². The maximum atomic E-state index is 13.4.